The smallest absolute Gasteiger partial charge is 0.334 e. The predicted molar refractivity (Wildman–Crippen MR) is 60.0 cm³/mol. The molecule has 19 heavy (non-hydrogen) atoms. The van der Waals surface area contributed by atoms with Crippen LogP contribution in [0.15, 0.2) is 0 Å². The van der Waals surface area contributed by atoms with Crippen molar-refractivity contribution in [3.63, 3.8) is 0 Å². The number of rotatable bonds is 8. The molecule has 0 saturated carbocycles. The van der Waals surface area contributed by atoms with Crippen molar-refractivity contribution in [2.75, 3.05) is 12.8 Å². The summed E-state index contributed by atoms with van der Waals surface area (Å²) in [6.07, 6.45) is -6.77. The van der Waals surface area contributed by atoms with Crippen molar-refractivity contribution in [2.45, 2.75) is 24.4 Å². The molecule has 0 radical (unpaired) electrons. The quantitative estimate of drug-likeness (QED) is 0.173. The summed E-state index contributed by atoms with van der Waals surface area (Å²) in [6.45, 7) is -0.889. The van der Waals surface area contributed by atoms with Gasteiger partial charge in [-0.1, -0.05) is 0 Å². The van der Waals surface area contributed by atoms with Crippen molar-refractivity contribution in [1.29, 1.82) is 0 Å². The Balaban J connectivity index is 4.62. The van der Waals surface area contributed by atoms with Gasteiger partial charge in [-0.15, -0.1) is 0 Å². The molecule has 7 N–H and O–H groups in total. The van der Waals surface area contributed by atoms with Crippen molar-refractivity contribution in [3.8, 4) is 0 Å². The summed E-state index contributed by atoms with van der Waals surface area (Å²) in [7, 11) is -4.63. The summed E-state index contributed by atoms with van der Waals surface area (Å²) in [4.78, 5) is 38.8. The fraction of sp³-hybridized carbons (Fsp3) is 0.750. The van der Waals surface area contributed by atoms with Crippen LogP contribution in [0, 0.1) is 0 Å². The van der Waals surface area contributed by atoms with Crippen LogP contribution in [0.2, 0.25) is 0 Å². The third-order valence-corrected chi connectivity index (χ3v) is 2.82. The van der Waals surface area contributed by atoms with E-state index in [1.807, 2.05) is 0 Å². The highest BCUT2D eigenvalue weighted by Gasteiger charge is 2.32. The molecule has 0 heterocycles. The van der Waals surface area contributed by atoms with Crippen LogP contribution in [0.3, 0.4) is 0 Å². The Morgan fingerprint density at radius 1 is 1.21 bits per heavy atom. The van der Waals surface area contributed by atoms with Crippen molar-refractivity contribution >= 4 is 19.8 Å². The van der Waals surface area contributed by atoms with Crippen LogP contribution in [0.4, 0.5) is 0 Å². The number of hydrogen-bond acceptors (Lipinski definition) is 7. The third kappa shape index (κ3) is 6.73. The zero-order chi connectivity index (χ0) is 15.2. The molecular formula is C8H16NO9P. The summed E-state index contributed by atoms with van der Waals surface area (Å²) >= 11 is 0. The summed E-state index contributed by atoms with van der Waals surface area (Å²) in [5.41, 5.74) is 0. The molecule has 0 aromatic heterocycles. The molecule has 0 aliphatic heterocycles. The van der Waals surface area contributed by atoms with E-state index in [1.165, 1.54) is 0 Å². The molecule has 0 fully saturated rings. The molecule has 0 unspecified atom stereocenters. The van der Waals surface area contributed by atoms with Gasteiger partial charge in [0.1, 0.15) is 36.8 Å². The van der Waals surface area contributed by atoms with E-state index < -0.39 is 50.6 Å². The zero-order valence-electron chi connectivity index (χ0n) is 9.66. The molecule has 11 heteroatoms. The van der Waals surface area contributed by atoms with E-state index >= 15 is 0 Å². The van der Waals surface area contributed by atoms with E-state index in [1.54, 1.807) is 5.32 Å². The molecule has 4 atom stereocenters. The predicted octanol–water partition coefficient (Wildman–Crippen LogP) is -4.08. The number of nitrogens with one attached hydrogen (secondary N) is 1. The highest BCUT2D eigenvalue weighted by atomic mass is 31.2. The number of hydrogen-bond donors (Lipinski definition) is 7. The average molecular weight is 301 g/mol. The molecular weight excluding hydrogens is 285 g/mol. The lowest BCUT2D eigenvalue weighted by Crippen LogP contribution is -2.53. The van der Waals surface area contributed by atoms with Crippen LogP contribution < -0.4 is 5.32 Å². The van der Waals surface area contributed by atoms with Gasteiger partial charge in [0.25, 0.3) is 0 Å². The first-order valence-corrected chi connectivity index (χ1v) is 6.86. The maximum absolute atomic E-state index is 11.1. The largest absolute Gasteiger partial charge is 0.394 e. The Labute approximate surface area is 107 Å². The van der Waals surface area contributed by atoms with Crippen LogP contribution >= 0.6 is 7.60 Å². The Morgan fingerprint density at radius 2 is 1.74 bits per heavy atom. The highest BCUT2D eigenvalue weighted by molar-refractivity contribution is 7.52. The molecule has 0 aromatic rings. The molecule has 0 spiro atoms. The lowest BCUT2D eigenvalue weighted by atomic mass is 10.0. The number of amides is 1. The lowest BCUT2D eigenvalue weighted by Gasteiger charge is -2.26. The fourth-order valence-corrected chi connectivity index (χ4v) is 1.63. The number of carbonyl (C=O) groups excluding carboxylic acids is 2. The minimum atomic E-state index is -4.63. The van der Waals surface area contributed by atoms with Gasteiger partial charge in [0.15, 0.2) is 0 Å². The number of aliphatic hydroxyl groups is 4. The Morgan fingerprint density at radius 3 is 2.11 bits per heavy atom. The van der Waals surface area contributed by atoms with Gasteiger partial charge in [-0.3, -0.25) is 9.36 Å². The van der Waals surface area contributed by atoms with E-state index in [0.29, 0.717) is 0 Å². The third-order valence-electron chi connectivity index (χ3n) is 2.12. The maximum Gasteiger partial charge on any atom is 0.334 e. The standard InChI is InChI=1S/C8H16NO9P/c10-1-4(7(14)8(15)5(12)2-11)9-6(13)3-19(16,17)18/h1,4-5,7-8,11-12,14-15H,2-3H2,(H,9,13)(H2,16,17,18)/t4-,5+,7+,8+/m0/s1. The second-order valence-electron chi connectivity index (χ2n) is 3.78. The van der Waals surface area contributed by atoms with E-state index in [4.69, 9.17) is 20.0 Å². The Kier molecular flexibility index (Phi) is 7.30. The van der Waals surface area contributed by atoms with E-state index in [-0.39, 0.29) is 6.29 Å². The summed E-state index contributed by atoms with van der Waals surface area (Å²) < 4.78 is 10.5. The van der Waals surface area contributed by atoms with Crippen molar-refractivity contribution < 1.29 is 44.4 Å². The average Bonchev–Trinajstić information content (AvgIpc) is 2.30. The van der Waals surface area contributed by atoms with Gasteiger partial charge in [-0.05, 0) is 0 Å². The minimum absolute atomic E-state index is 0.0234. The lowest BCUT2D eigenvalue weighted by molar-refractivity contribution is -0.129. The summed E-state index contributed by atoms with van der Waals surface area (Å²) in [6, 6.07) is -1.68. The second-order valence-corrected chi connectivity index (χ2v) is 5.43. The Hall–Kier alpha value is -0.870. The summed E-state index contributed by atoms with van der Waals surface area (Å²) in [5, 5.41) is 38.1. The molecule has 10 nitrogen and oxygen atoms in total. The minimum Gasteiger partial charge on any atom is -0.394 e. The van der Waals surface area contributed by atoms with E-state index in [9.17, 15) is 24.4 Å². The zero-order valence-corrected chi connectivity index (χ0v) is 10.6. The monoisotopic (exact) mass is 301 g/mol. The normalized spacial score (nSPS) is 18.2. The molecule has 1 amide bonds. The van der Waals surface area contributed by atoms with E-state index in [0.717, 1.165) is 0 Å². The first-order valence-electron chi connectivity index (χ1n) is 5.06. The van der Waals surface area contributed by atoms with Crippen molar-refractivity contribution in [2.24, 2.45) is 0 Å². The molecule has 0 saturated heterocycles. The SMILES string of the molecule is O=C[C@H](NC(=O)CP(=O)(O)O)[C@@H](O)[C@H](O)[C@H](O)CO. The van der Waals surface area contributed by atoms with E-state index in [2.05, 4.69) is 0 Å². The maximum atomic E-state index is 11.1. The first-order chi connectivity index (χ1) is 8.62. The molecule has 0 bridgehead atoms. The van der Waals surface area contributed by atoms with Gasteiger partial charge in [0.2, 0.25) is 5.91 Å². The van der Waals surface area contributed by atoms with Crippen LogP contribution in [0.5, 0.6) is 0 Å². The number of aldehydes is 1. The van der Waals surface area contributed by atoms with Gasteiger partial charge in [-0.2, -0.15) is 0 Å². The molecule has 0 aromatic carbocycles. The Bertz CT molecular complexity index is 356. The van der Waals surface area contributed by atoms with Crippen molar-refractivity contribution in [1.82, 2.24) is 5.32 Å². The van der Waals surface area contributed by atoms with Crippen LogP contribution in [-0.4, -0.2) is 79.5 Å². The van der Waals surface area contributed by atoms with Gasteiger partial charge in [-0.25, -0.2) is 0 Å². The molecule has 0 aliphatic rings. The molecule has 0 rings (SSSR count). The summed E-state index contributed by atoms with van der Waals surface area (Å²) in [5.74, 6) is -1.21. The van der Waals surface area contributed by atoms with Crippen LogP contribution in [0.1, 0.15) is 0 Å². The fourth-order valence-electron chi connectivity index (χ4n) is 1.17. The van der Waals surface area contributed by atoms with Crippen LogP contribution in [-0.2, 0) is 14.2 Å². The molecule has 112 valence electrons. The van der Waals surface area contributed by atoms with Gasteiger partial charge in [0.05, 0.1) is 6.61 Å². The topological polar surface area (TPSA) is 185 Å². The number of carbonyl (C=O) groups is 2. The van der Waals surface area contributed by atoms with Gasteiger partial charge >= 0.3 is 7.60 Å². The highest BCUT2D eigenvalue weighted by Crippen LogP contribution is 2.33. The number of aliphatic hydroxyl groups excluding tert-OH is 4. The van der Waals surface area contributed by atoms with Crippen LogP contribution in [0.25, 0.3) is 0 Å². The molecule has 0 aliphatic carbocycles. The second kappa shape index (κ2) is 7.65. The van der Waals surface area contributed by atoms with Gasteiger partial charge < -0.3 is 40.3 Å². The van der Waals surface area contributed by atoms with Crippen molar-refractivity contribution in [3.05, 3.63) is 0 Å². The first kappa shape index (κ1) is 18.1. The van der Waals surface area contributed by atoms with Gasteiger partial charge in [0, 0.05) is 0 Å².